The van der Waals surface area contributed by atoms with Crippen molar-refractivity contribution in [2.24, 2.45) is 0 Å². The van der Waals surface area contributed by atoms with E-state index < -0.39 is 11.0 Å². The highest BCUT2D eigenvalue weighted by Crippen LogP contribution is 2.27. The summed E-state index contributed by atoms with van der Waals surface area (Å²) < 4.78 is 0. The molecule has 0 bridgehead atoms. The molecule has 1 amide bonds. The smallest absolute Gasteiger partial charge is 0.283 e. The van der Waals surface area contributed by atoms with Crippen LogP contribution in [-0.4, -0.2) is 28.6 Å². The van der Waals surface area contributed by atoms with E-state index in [0.29, 0.717) is 29.1 Å². The van der Waals surface area contributed by atoms with Crippen molar-refractivity contribution in [3.05, 3.63) is 25.9 Å². The molecule has 18 heavy (non-hydrogen) atoms. The number of hydrogen-bond donors (Lipinski definition) is 2. The molecule has 0 spiro atoms. The van der Waals surface area contributed by atoms with E-state index in [-0.39, 0.29) is 11.6 Å². The first-order valence-electron chi connectivity index (χ1n) is 5.66. The van der Waals surface area contributed by atoms with Crippen LogP contribution in [0.5, 0.6) is 0 Å². The quantitative estimate of drug-likeness (QED) is 0.610. The Morgan fingerprint density at radius 3 is 2.83 bits per heavy atom. The molecule has 1 heterocycles. The molecule has 0 saturated heterocycles. The molecule has 100 valence electrons. The molecule has 0 saturated carbocycles. The van der Waals surface area contributed by atoms with Crippen LogP contribution in [0.4, 0.5) is 5.69 Å². The molecule has 6 nitrogen and oxygen atoms in total. The minimum absolute atomic E-state index is 0.0289. The Hall–Kier alpha value is -1.47. The van der Waals surface area contributed by atoms with Crippen LogP contribution in [0, 0.1) is 17.0 Å². The van der Waals surface area contributed by atoms with Gasteiger partial charge in [0.05, 0.1) is 20.8 Å². The van der Waals surface area contributed by atoms with E-state index in [4.69, 9.17) is 0 Å². The zero-order valence-corrected chi connectivity index (χ0v) is 11.1. The first-order chi connectivity index (χ1) is 8.45. The fraction of sp³-hybridized carbons (Fsp3) is 0.545. The summed E-state index contributed by atoms with van der Waals surface area (Å²) in [5.74, 6) is -0.334. The first kappa shape index (κ1) is 14.6. The van der Waals surface area contributed by atoms with Gasteiger partial charge in [0.15, 0.2) is 0 Å². The van der Waals surface area contributed by atoms with Gasteiger partial charge in [0, 0.05) is 12.6 Å². The predicted octanol–water partition coefficient (Wildman–Crippen LogP) is 1.86. The van der Waals surface area contributed by atoms with Crippen LogP contribution < -0.4 is 5.32 Å². The number of thiophene rings is 1. The fourth-order valence-electron chi connectivity index (χ4n) is 1.41. The van der Waals surface area contributed by atoms with Gasteiger partial charge in [-0.15, -0.1) is 11.3 Å². The number of nitrogens with one attached hydrogen (secondary N) is 1. The van der Waals surface area contributed by atoms with Gasteiger partial charge in [-0.25, -0.2) is 0 Å². The molecular formula is C11H16N2O4S. The van der Waals surface area contributed by atoms with E-state index in [1.54, 1.807) is 6.92 Å². The molecule has 1 rings (SSSR count). The number of aliphatic hydroxyl groups is 1. The average molecular weight is 272 g/mol. The molecule has 0 fully saturated rings. The predicted molar refractivity (Wildman–Crippen MR) is 69.0 cm³/mol. The van der Waals surface area contributed by atoms with Gasteiger partial charge >= 0.3 is 0 Å². The molecule has 2 N–H and O–H groups in total. The minimum Gasteiger partial charge on any atom is -0.393 e. The van der Waals surface area contributed by atoms with Crippen LogP contribution in [0.3, 0.4) is 0 Å². The molecule has 0 aliphatic carbocycles. The van der Waals surface area contributed by atoms with Crippen LogP contribution in [0.25, 0.3) is 0 Å². The Balaban J connectivity index is 2.57. The molecule has 0 radical (unpaired) electrons. The van der Waals surface area contributed by atoms with Crippen molar-refractivity contribution in [3.8, 4) is 0 Å². The Bertz CT molecular complexity index is 444. The number of nitro groups is 1. The number of nitrogens with zero attached hydrogens (tertiary/aromatic N) is 1. The number of carbonyl (C=O) groups is 1. The lowest BCUT2D eigenvalue weighted by molar-refractivity contribution is -0.385. The summed E-state index contributed by atoms with van der Waals surface area (Å²) in [4.78, 5) is 22.7. The summed E-state index contributed by atoms with van der Waals surface area (Å²) in [6.45, 7) is 3.83. The lowest BCUT2D eigenvalue weighted by Crippen LogP contribution is -2.26. The second-order valence-corrected chi connectivity index (χ2v) is 5.17. The zero-order chi connectivity index (χ0) is 13.7. The van der Waals surface area contributed by atoms with Gasteiger partial charge in [0.2, 0.25) is 0 Å². The molecule has 1 aromatic rings. The number of hydrogen-bond acceptors (Lipinski definition) is 5. The maximum absolute atomic E-state index is 11.7. The number of aryl methyl sites for hydroxylation is 1. The molecule has 1 unspecified atom stereocenters. The number of amides is 1. The number of carbonyl (C=O) groups excluding carboxylic acids is 1. The third kappa shape index (κ3) is 3.78. The van der Waals surface area contributed by atoms with Gasteiger partial charge in [-0.05, 0) is 19.8 Å². The largest absolute Gasteiger partial charge is 0.393 e. The highest BCUT2D eigenvalue weighted by molar-refractivity contribution is 7.14. The fourth-order valence-corrected chi connectivity index (χ4v) is 2.31. The molecule has 1 atom stereocenters. The molecule has 0 aliphatic rings. The molecular weight excluding hydrogens is 256 g/mol. The van der Waals surface area contributed by atoms with E-state index in [9.17, 15) is 20.0 Å². The Morgan fingerprint density at radius 1 is 1.67 bits per heavy atom. The topological polar surface area (TPSA) is 92.5 Å². The van der Waals surface area contributed by atoms with Crippen molar-refractivity contribution < 1.29 is 14.8 Å². The Kier molecular flexibility index (Phi) is 5.24. The van der Waals surface area contributed by atoms with Crippen molar-refractivity contribution in [1.82, 2.24) is 5.32 Å². The van der Waals surface area contributed by atoms with E-state index in [1.165, 1.54) is 6.07 Å². The van der Waals surface area contributed by atoms with Crippen LogP contribution in [0.2, 0.25) is 0 Å². The molecule has 0 aromatic carbocycles. The highest BCUT2D eigenvalue weighted by atomic mass is 32.1. The number of aliphatic hydroxyl groups excluding tert-OH is 1. The second kappa shape index (κ2) is 6.46. The Morgan fingerprint density at radius 2 is 2.33 bits per heavy atom. The summed E-state index contributed by atoms with van der Waals surface area (Å²) in [5, 5.41) is 22.6. The zero-order valence-electron chi connectivity index (χ0n) is 10.3. The van der Waals surface area contributed by atoms with E-state index in [0.717, 1.165) is 11.3 Å². The van der Waals surface area contributed by atoms with Crippen molar-refractivity contribution in [3.63, 3.8) is 0 Å². The maximum Gasteiger partial charge on any atom is 0.283 e. The molecule has 1 aromatic heterocycles. The standard InChI is InChI=1S/C11H16N2O4S/c1-3-8(14)4-5-12-11(15)10-6-9(13(16)17)7(2)18-10/h6,8,14H,3-5H2,1-2H3,(H,12,15). The minimum atomic E-state index is -0.497. The van der Waals surface area contributed by atoms with Gasteiger partial charge in [-0.1, -0.05) is 6.92 Å². The van der Waals surface area contributed by atoms with Crippen LogP contribution in [0.1, 0.15) is 34.3 Å². The summed E-state index contributed by atoms with van der Waals surface area (Å²) in [6.07, 6.45) is 0.693. The van der Waals surface area contributed by atoms with Crippen molar-refractivity contribution in [2.75, 3.05) is 6.54 Å². The van der Waals surface area contributed by atoms with Crippen molar-refractivity contribution in [2.45, 2.75) is 32.8 Å². The van der Waals surface area contributed by atoms with E-state index in [1.807, 2.05) is 6.92 Å². The SMILES string of the molecule is CCC(O)CCNC(=O)c1cc([N+](=O)[O-])c(C)s1. The second-order valence-electron chi connectivity index (χ2n) is 3.92. The van der Waals surface area contributed by atoms with Gasteiger partial charge in [-0.2, -0.15) is 0 Å². The third-order valence-corrected chi connectivity index (χ3v) is 3.58. The van der Waals surface area contributed by atoms with E-state index >= 15 is 0 Å². The lowest BCUT2D eigenvalue weighted by Gasteiger charge is -2.07. The lowest BCUT2D eigenvalue weighted by atomic mass is 10.2. The maximum atomic E-state index is 11.7. The normalized spacial score (nSPS) is 12.2. The summed E-state index contributed by atoms with van der Waals surface area (Å²) in [7, 11) is 0. The highest BCUT2D eigenvalue weighted by Gasteiger charge is 2.19. The first-order valence-corrected chi connectivity index (χ1v) is 6.48. The van der Waals surface area contributed by atoms with Crippen LogP contribution in [-0.2, 0) is 0 Å². The van der Waals surface area contributed by atoms with Crippen LogP contribution >= 0.6 is 11.3 Å². The van der Waals surface area contributed by atoms with Gasteiger partial charge < -0.3 is 10.4 Å². The number of rotatable bonds is 6. The summed E-state index contributed by atoms with van der Waals surface area (Å²) >= 11 is 1.10. The summed E-state index contributed by atoms with van der Waals surface area (Å²) in [5.41, 5.74) is -0.0289. The summed E-state index contributed by atoms with van der Waals surface area (Å²) in [6, 6.07) is 1.28. The van der Waals surface area contributed by atoms with Gasteiger partial charge in [-0.3, -0.25) is 14.9 Å². The monoisotopic (exact) mass is 272 g/mol. The third-order valence-electron chi connectivity index (χ3n) is 2.55. The van der Waals surface area contributed by atoms with Crippen molar-refractivity contribution >= 4 is 22.9 Å². The van der Waals surface area contributed by atoms with Gasteiger partial charge in [0.25, 0.3) is 11.6 Å². The van der Waals surface area contributed by atoms with E-state index in [2.05, 4.69) is 5.32 Å². The average Bonchev–Trinajstić information content (AvgIpc) is 2.71. The molecule has 7 heteroatoms. The Labute approximate surface area is 109 Å². The van der Waals surface area contributed by atoms with Crippen molar-refractivity contribution in [1.29, 1.82) is 0 Å². The van der Waals surface area contributed by atoms with Crippen LogP contribution in [0.15, 0.2) is 6.07 Å². The van der Waals surface area contributed by atoms with Gasteiger partial charge in [0.1, 0.15) is 0 Å². The molecule has 0 aliphatic heterocycles.